The number of rotatable bonds is 32. The molecule has 4 saturated heterocycles. The van der Waals surface area contributed by atoms with E-state index in [1.54, 1.807) is 0 Å². The predicted octanol–water partition coefficient (Wildman–Crippen LogP) is -10.9. The third-order valence-electron chi connectivity index (χ3n) is 14.2. The lowest BCUT2D eigenvalue weighted by Gasteiger charge is -2.31. The van der Waals surface area contributed by atoms with Gasteiger partial charge in [0.1, 0.15) is 54.9 Å². The number of likely N-dealkylation sites (tertiary alicyclic amines) is 4. The first-order valence-corrected chi connectivity index (χ1v) is 27.4. The zero-order valence-electron chi connectivity index (χ0n) is 46.6. The highest BCUT2D eigenvalue weighted by Crippen LogP contribution is 2.26. The maximum Gasteiger partial charge on any atom is 0.322 e. The molecule has 0 aromatic rings. The molecule has 0 spiro atoms. The van der Waals surface area contributed by atoms with E-state index in [9.17, 15) is 96.8 Å². The number of nitrogens with zero attached hydrogens (tertiary/aromatic N) is 4. The summed E-state index contributed by atoms with van der Waals surface area (Å²) in [5.74, 6) is -17.0. The second kappa shape index (κ2) is 33.4. The quantitative estimate of drug-likeness (QED) is 0.0297. The molecular weight excluding hydrogens is 1150 g/mol. The second-order valence-electron chi connectivity index (χ2n) is 20.4. The van der Waals surface area contributed by atoms with E-state index < -0.39 is 214 Å². The van der Waals surface area contributed by atoms with Gasteiger partial charge in [-0.1, -0.05) is 0 Å². The van der Waals surface area contributed by atoms with Crippen LogP contribution in [0.25, 0.3) is 0 Å². The highest BCUT2D eigenvalue weighted by atomic mass is 16.4. The van der Waals surface area contributed by atoms with Crippen molar-refractivity contribution >= 4 is 101 Å². The minimum atomic E-state index is -1.92. The Morgan fingerprint density at radius 3 is 1.33 bits per heavy atom. The molecule has 4 heterocycles. The highest BCUT2D eigenvalue weighted by molar-refractivity contribution is 5.99. The number of hydrogen-bond acceptors (Lipinski definition) is 20. The molecule has 37 heteroatoms. The van der Waals surface area contributed by atoms with Crippen LogP contribution in [0.2, 0.25) is 0 Å². The molecule has 37 nitrogen and oxygen atoms in total. The van der Waals surface area contributed by atoms with E-state index in [0.29, 0.717) is 25.7 Å². The van der Waals surface area contributed by atoms with Gasteiger partial charge in [-0.25, -0.2) is 0 Å². The van der Waals surface area contributed by atoms with E-state index in [-0.39, 0.29) is 64.7 Å². The van der Waals surface area contributed by atoms with Gasteiger partial charge in [0, 0.05) is 32.6 Å². The van der Waals surface area contributed by atoms with Crippen LogP contribution in [0.3, 0.4) is 0 Å². The van der Waals surface area contributed by atoms with Crippen LogP contribution >= 0.6 is 0 Å². The van der Waals surface area contributed by atoms with Gasteiger partial charge < -0.3 is 104 Å². The lowest BCUT2D eigenvalue weighted by molar-refractivity contribution is -0.147. The normalized spacial score (nSPS) is 19.7. The van der Waals surface area contributed by atoms with Gasteiger partial charge in [-0.3, -0.25) is 81.5 Å². The first kappa shape index (κ1) is 69.4. The molecular formula is C49H73N15O22. The fraction of sp³-hybridized carbons (Fsp3) is 0.653. The van der Waals surface area contributed by atoms with Gasteiger partial charge in [0.25, 0.3) is 0 Å². The Kier molecular flexibility index (Phi) is 26.9. The highest BCUT2D eigenvalue weighted by Gasteiger charge is 2.44. The molecule has 0 saturated carbocycles. The lowest BCUT2D eigenvalue weighted by Crippen LogP contribution is -2.58. The number of hydrogen-bond donors (Lipinski definition) is 16. The molecule has 4 rings (SSSR count). The van der Waals surface area contributed by atoms with Crippen molar-refractivity contribution in [2.75, 3.05) is 72.1 Å². The van der Waals surface area contributed by atoms with Gasteiger partial charge >= 0.3 is 17.9 Å². The summed E-state index contributed by atoms with van der Waals surface area (Å²) in [7, 11) is 0. The fourth-order valence-electron chi connectivity index (χ4n) is 9.90. The standard InChI is InChI=1S/C49H73N15O22/c50-24(15-38(72)73)41(78)53-18-35(69)62-12-2-7-31(62)48(85)60-27(22-65)44(81)52-17-34(68)57-28(23-66)45(82)59-26(16-39(74)75)43(80)54-19-37(71)63-13-4-8-32(63)49(86)64-14-3-5-29(64)46(83)55-20-36(70)61-11-1-6-30(61)47(84)58-25(9-10-33(51)67)42(79)56-21-40(76)77/h24-32,65-66H,1-23,50H2,(H2,51,67)(H,52,81)(H,53,78)(H,54,80)(H,55,83)(H,56,79)(H,57,68)(H,58,84)(H,59,82)(H,60,85)(H,72,73)(H,74,75)(H,76,77)/t24-,25-,26-,27-,28-,29-,30-,31-,32-/m0/s1. The van der Waals surface area contributed by atoms with Crippen molar-refractivity contribution in [2.24, 2.45) is 11.5 Å². The van der Waals surface area contributed by atoms with Crippen molar-refractivity contribution in [3.05, 3.63) is 0 Å². The number of nitrogens with two attached hydrogens (primary N) is 2. The number of aliphatic hydroxyl groups excluding tert-OH is 2. The SMILES string of the molecule is NC(=O)CC[C@H](NC(=O)[C@@H]1CCCN1C(=O)CNC(=O)[C@@H]1CCCN1C(=O)[C@@H]1CCCN1C(=O)CNC(=O)[C@H](CC(=O)O)NC(=O)[C@H](CO)NC(=O)CNC(=O)[C@H](CO)NC(=O)[C@@H]1CCCN1C(=O)CNC(=O)[C@@H](N)CC(=O)O)C(=O)NCC(=O)O. The Morgan fingerprint density at radius 2 is 0.826 bits per heavy atom. The van der Waals surface area contributed by atoms with Crippen molar-refractivity contribution in [3.63, 3.8) is 0 Å². The topological polar surface area (TPSA) is 565 Å². The molecule has 0 unspecified atom stereocenters. The number of carbonyl (C=O) groups is 17. The number of carbonyl (C=O) groups excluding carboxylic acids is 14. The van der Waals surface area contributed by atoms with E-state index in [1.807, 2.05) is 0 Å². The molecule has 4 aliphatic heterocycles. The van der Waals surface area contributed by atoms with E-state index in [1.165, 1.54) is 9.80 Å². The van der Waals surface area contributed by atoms with Gasteiger partial charge in [-0.15, -0.1) is 0 Å². The van der Waals surface area contributed by atoms with Crippen LogP contribution in [0.4, 0.5) is 0 Å². The molecule has 0 aromatic heterocycles. The summed E-state index contributed by atoms with van der Waals surface area (Å²) in [5, 5.41) is 67.1. The van der Waals surface area contributed by atoms with E-state index in [4.69, 9.17) is 21.7 Å². The Labute approximate surface area is 489 Å². The molecule has 0 radical (unpaired) electrons. The van der Waals surface area contributed by atoms with Gasteiger partial charge in [-0.05, 0) is 57.8 Å². The second-order valence-corrected chi connectivity index (χ2v) is 20.4. The molecule has 86 heavy (non-hydrogen) atoms. The molecule has 0 aromatic carbocycles. The third kappa shape index (κ3) is 20.6. The average Bonchev–Trinajstić information content (AvgIpc) is 2.50. The van der Waals surface area contributed by atoms with E-state index >= 15 is 0 Å². The first-order valence-electron chi connectivity index (χ1n) is 27.4. The number of nitrogens with one attached hydrogen (secondary N) is 9. The lowest BCUT2D eigenvalue weighted by atomic mass is 10.1. The molecule has 476 valence electrons. The maximum atomic E-state index is 14.0. The van der Waals surface area contributed by atoms with Gasteiger partial charge in [0.15, 0.2) is 0 Å². The summed E-state index contributed by atoms with van der Waals surface area (Å²) in [6.45, 7) is -5.63. The van der Waals surface area contributed by atoms with Crippen molar-refractivity contribution in [1.29, 1.82) is 0 Å². The molecule has 18 N–H and O–H groups in total. The number of carboxylic acid groups (broad SMARTS) is 3. The Balaban J connectivity index is 1.26. The summed E-state index contributed by atoms with van der Waals surface area (Å²) in [4.78, 5) is 220. The molecule has 4 fully saturated rings. The van der Waals surface area contributed by atoms with Crippen LogP contribution in [-0.4, -0.2) is 272 Å². The molecule has 9 atom stereocenters. The number of aliphatic carboxylic acids is 3. The Bertz CT molecular complexity index is 2630. The predicted molar refractivity (Wildman–Crippen MR) is 284 cm³/mol. The minimum Gasteiger partial charge on any atom is -0.481 e. The molecule has 0 bridgehead atoms. The van der Waals surface area contributed by atoms with Gasteiger partial charge in [0.2, 0.25) is 82.7 Å². The molecule has 4 aliphatic rings. The van der Waals surface area contributed by atoms with Crippen LogP contribution in [0.5, 0.6) is 0 Å². The van der Waals surface area contributed by atoms with Crippen molar-refractivity contribution < 1.29 is 107 Å². The number of amides is 14. The number of primary amides is 1. The van der Waals surface area contributed by atoms with Crippen molar-refractivity contribution in [3.8, 4) is 0 Å². The Morgan fingerprint density at radius 1 is 0.419 bits per heavy atom. The zero-order chi connectivity index (χ0) is 63.9. The molecule has 14 amide bonds. The van der Waals surface area contributed by atoms with E-state index in [0.717, 1.165) is 9.80 Å². The zero-order valence-corrected chi connectivity index (χ0v) is 46.6. The maximum absolute atomic E-state index is 14.0. The Hall–Kier alpha value is -9.13. The summed E-state index contributed by atoms with van der Waals surface area (Å²) in [6.07, 6.45) is -0.413. The fourth-order valence-corrected chi connectivity index (χ4v) is 9.90. The van der Waals surface area contributed by atoms with Crippen LogP contribution in [0.1, 0.15) is 77.0 Å². The summed E-state index contributed by atoms with van der Waals surface area (Å²) in [5.41, 5.74) is 10.7. The third-order valence-corrected chi connectivity index (χ3v) is 14.2. The monoisotopic (exact) mass is 1220 g/mol. The first-order chi connectivity index (χ1) is 40.7. The number of carboxylic acids is 3. The van der Waals surface area contributed by atoms with Gasteiger partial charge in [0.05, 0.1) is 58.3 Å². The summed E-state index contributed by atoms with van der Waals surface area (Å²) < 4.78 is 0. The summed E-state index contributed by atoms with van der Waals surface area (Å²) >= 11 is 0. The average molecular weight is 1220 g/mol. The van der Waals surface area contributed by atoms with Crippen LogP contribution in [0.15, 0.2) is 0 Å². The number of aliphatic hydroxyl groups is 2. The summed E-state index contributed by atoms with van der Waals surface area (Å²) in [6, 6.07) is -12.8. The van der Waals surface area contributed by atoms with Crippen molar-refractivity contribution in [1.82, 2.24) is 67.5 Å². The minimum absolute atomic E-state index is 0.0263. The van der Waals surface area contributed by atoms with Crippen LogP contribution in [0, 0.1) is 0 Å². The van der Waals surface area contributed by atoms with E-state index in [2.05, 4.69) is 47.9 Å². The smallest absolute Gasteiger partial charge is 0.322 e. The van der Waals surface area contributed by atoms with Crippen LogP contribution < -0.4 is 59.3 Å². The van der Waals surface area contributed by atoms with Crippen molar-refractivity contribution in [2.45, 2.75) is 131 Å². The van der Waals surface area contributed by atoms with Gasteiger partial charge in [-0.2, -0.15) is 0 Å². The molecule has 0 aliphatic carbocycles. The largest absolute Gasteiger partial charge is 0.481 e. The van der Waals surface area contributed by atoms with Crippen LogP contribution in [-0.2, 0) is 81.5 Å².